The Morgan fingerprint density at radius 1 is 0.600 bits per heavy atom. The quantitative estimate of drug-likeness (QED) is 0.525. The average Bonchev–Trinajstić information content (AvgIpc) is 0. The van der Waals surface area contributed by atoms with Crippen molar-refractivity contribution in [2.24, 2.45) is 0 Å². The van der Waals surface area contributed by atoms with E-state index in [-0.39, 0.29) is 84.8 Å². The van der Waals surface area contributed by atoms with Gasteiger partial charge in [0.2, 0.25) is 0 Å². The molecule has 0 unspecified atom stereocenters. The van der Waals surface area contributed by atoms with Crippen molar-refractivity contribution in [1.29, 1.82) is 0 Å². The molecule has 0 aliphatic carbocycles. The molecule has 28 valence electrons. The summed E-state index contributed by atoms with van der Waals surface area (Å²) in [4.78, 5) is 0. The fourth-order valence-electron chi connectivity index (χ4n) is 0. The van der Waals surface area contributed by atoms with Gasteiger partial charge in [0.05, 0.1) is 0 Å². The minimum absolute atomic E-state index is 0. The van der Waals surface area contributed by atoms with Crippen molar-refractivity contribution in [1.82, 2.24) is 0 Å². The van der Waals surface area contributed by atoms with Gasteiger partial charge in [-0.05, 0) is 0 Å². The Hall–Kier alpha value is 2.07. The summed E-state index contributed by atoms with van der Waals surface area (Å²) in [7, 11) is 0. The molecule has 0 atom stereocenters. The first kappa shape index (κ1) is 60.6. The third-order valence-electron chi connectivity index (χ3n) is 0. The van der Waals surface area contributed by atoms with Crippen LogP contribution in [0, 0.1) is 0 Å². The van der Waals surface area contributed by atoms with E-state index < -0.39 is 0 Å². The first-order valence-corrected chi connectivity index (χ1v) is 0. The van der Waals surface area contributed by atoms with Gasteiger partial charge in [-0.1, -0.05) is 0 Å². The Morgan fingerprint density at radius 2 is 0.600 bits per heavy atom. The minimum atomic E-state index is 0. The zero-order valence-electron chi connectivity index (χ0n) is 2.29. The minimum Gasteiger partial charge on any atom is -2.00 e. The predicted molar refractivity (Wildman–Crippen MR) is 7.81 cm³/mol. The molecule has 0 fully saturated rings. The molecule has 0 saturated heterocycles. The average molecular weight is 286 g/mol. The van der Waals surface area contributed by atoms with E-state index in [4.69, 9.17) is 0 Å². The van der Waals surface area contributed by atoms with E-state index in [1.807, 2.05) is 0 Å². The van der Waals surface area contributed by atoms with Crippen LogP contribution in [0.4, 0.5) is 0 Å². The number of rotatable bonds is 0. The molecule has 5 heavy (non-hydrogen) atoms. The second-order valence-electron chi connectivity index (χ2n) is 0. The summed E-state index contributed by atoms with van der Waals surface area (Å²) < 4.78 is 0. The molecule has 0 spiro atoms. The molecule has 0 rings (SSSR count). The van der Waals surface area contributed by atoms with Crippen molar-refractivity contribution in [2.75, 3.05) is 0 Å². The first-order valence-electron chi connectivity index (χ1n) is 0. The molecular weight excluding hydrogens is 286 g/mol. The summed E-state index contributed by atoms with van der Waals surface area (Å²) in [6.45, 7) is 0. The van der Waals surface area contributed by atoms with Gasteiger partial charge in [0.25, 0.3) is 0 Å². The summed E-state index contributed by atoms with van der Waals surface area (Å²) in [6.07, 6.45) is 0. The summed E-state index contributed by atoms with van der Waals surface area (Å²) in [5.74, 6) is 0. The third-order valence-corrected chi connectivity index (χ3v) is 0. The fourth-order valence-corrected chi connectivity index (χ4v) is 0. The first-order chi connectivity index (χ1) is 0. The Kier molecular flexibility index (Phi) is 441. The summed E-state index contributed by atoms with van der Waals surface area (Å²) >= 11 is 0. The van der Waals surface area contributed by atoms with Crippen LogP contribution < -0.4 is 0 Å². The second-order valence-corrected chi connectivity index (χ2v) is 0. The summed E-state index contributed by atoms with van der Waals surface area (Å²) in [6, 6.07) is 0. The molecule has 0 radical (unpaired) electrons. The van der Waals surface area contributed by atoms with Crippen LogP contribution in [0.15, 0.2) is 0 Å². The van der Waals surface area contributed by atoms with Crippen LogP contribution in [0.3, 0.4) is 0 Å². The van der Waals surface area contributed by atoms with Gasteiger partial charge in [0.1, 0.15) is 0 Å². The van der Waals surface area contributed by atoms with E-state index in [1.165, 1.54) is 0 Å². The fraction of sp³-hybridized carbons (Fsp3) is 0. The largest absolute Gasteiger partial charge is 4.00 e. The van der Waals surface area contributed by atoms with Crippen LogP contribution in [0.1, 0.15) is 0 Å². The SMILES string of the molecule is [Ba+2].[O-2].[O-2].[O-2].[Ru+4]. The van der Waals surface area contributed by atoms with Crippen LogP contribution in [0.25, 0.3) is 0 Å². The van der Waals surface area contributed by atoms with E-state index in [0.717, 1.165) is 0 Å². The van der Waals surface area contributed by atoms with Crippen LogP contribution in [0.5, 0.6) is 0 Å². The molecule has 5 heteroatoms. The smallest absolute Gasteiger partial charge is 2.00 e. The zero-order chi connectivity index (χ0) is 0. The Balaban J connectivity index is 0. The Bertz CT molecular complexity index is 6.85. The van der Waals surface area contributed by atoms with Crippen molar-refractivity contribution in [2.45, 2.75) is 0 Å². The monoisotopic (exact) mass is 288 g/mol. The Morgan fingerprint density at radius 3 is 0.600 bits per heavy atom. The van der Waals surface area contributed by atoms with E-state index in [2.05, 4.69) is 0 Å². The van der Waals surface area contributed by atoms with E-state index in [9.17, 15) is 0 Å². The van der Waals surface area contributed by atoms with Gasteiger partial charge < -0.3 is 16.4 Å². The zero-order valence-corrected chi connectivity index (χ0v) is 8.46. The standard InChI is InChI=1S/Ba.3O.Ru/q+2;3*-2;+4. The van der Waals surface area contributed by atoms with Crippen LogP contribution in [-0.2, 0) is 35.9 Å². The Labute approximate surface area is 83.3 Å². The normalized spacial score (nSPS) is 0. The molecule has 0 saturated carbocycles. The van der Waals surface area contributed by atoms with Crippen LogP contribution in [0.2, 0.25) is 0 Å². The van der Waals surface area contributed by atoms with Gasteiger partial charge in [0, 0.05) is 0 Å². The van der Waals surface area contributed by atoms with E-state index in [1.54, 1.807) is 0 Å². The molecule has 0 bridgehead atoms. The topological polar surface area (TPSA) is 85.5 Å². The van der Waals surface area contributed by atoms with Crippen molar-refractivity contribution < 1.29 is 35.9 Å². The van der Waals surface area contributed by atoms with Crippen LogP contribution >= 0.6 is 0 Å². The van der Waals surface area contributed by atoms with Crippen molar-refractivity contribution in [3.05, 3.63) is 0 Å². The number of hydrogen-bond acceptors (Lipinski definition) is 0. The molecule has 0 heterocycles. The predicted octanol–water partition coefficient (Wildman–Crippen LogP) is -0.740. The molecule has 3 nitrogen and oxygen atoms in total. The summed E-state index contributed by atoms with van der Waals surface area (Å²) in [5, 5.41) is 0. The molecule has 0 amide bonds. The molecule has 0 aliphatic rings. The van der Waals surface area contributed by atoms with Gasteiger partial charge in [-0.25, -0.2) is 0 Å². The molecular formula is BaO3Ru. The third kappa shape index (κ3) is 23.4. The van der Waals surface area contributed by atoms with E-state index >= 15 is 0 Å². The van der Waals surface area contributed by atoms with Gasteiger partial charge >= 0.3 is 68.4 Å². The molecule has 0 aromatic heterocycles. The second kappa shape index (κ2) is 36.3. The van der Waals surface area contributed by atoms with Gasteiger partial charge in [-0.2, -0.15) is 0 Å². The maximum Gasteiger partial charge on any atom is 4.00 e. The van der Waals surface area contributed by atoms with Crippen molar-refractivity contribution >= 4 is 48.9 Å². The van der Waals surface area contributed by atoms with Gasteiger partial charge in [-0.15, -0.1) is 0 Å². The van der Waals surface area contributed by atoms with Crippen molar-refractivity contribution in [3.63, 3.8) is 0 Å². The molecule has 0 N–H and O–H groups in total. The number of hydrogen-bond donors (Lipinski definition) is 0. The maximum atomic E-state index is 0. The van der Waals surface area contributed by atoms with E-state index in [0.29, 0.717) is 0 Å². The van der Waals surface area contributed by atoms with Crippen LogP contribution in [-0.4, -0.2) is 48.9 Å². The van der Waals surface area contributed by atoms with Crippen molar-refractivity contribution in [3.8, 4) is 0 Å². The molecule has 0 aromatic rings. The maximum absolute atomic E-state index is 0. The van der Waals surface area contributed by atoms with Gasteiger partial charge in [-0.3, -0.25) is 0 Å². The molecule has 0 aromatic carbocycles. The summed E-state index contributed by atoms with van der Waals surface area (Å²) in [5.41, 5.74) is 0. The molecule has 0 aliphatic heterocycles. The van der Waals surface area contributed by atoms with Gasteiger partial charge in [0.15, 0.2) is 0 Å².